The molecule has 0 spiro atoms. The number of aromatic nitrogens is 3. The number of benzene rings is 2. The summed E-state index contributed by atoms with van der Waals surface area (Å²) in [5, 5.41) is 15.2. The van der Waals surface area contributed by atoms with E-state index >= 15 is 0 Å². The third-order valence-corrected chi connectivity index (χ3v) is 3.91. The van der Waals surface area contributed by atoms with E-state index in [2.05, 4.69) is 10.1 Å². The van der Waals surface area contributed by atoms with Gasteiger partial charge in [0.15, 0.2) is 17.4 Å². The Bertz CT molecular complexity index is 960. The highest BCUT2D eigenvalue weighted by molar-refractivity contribution is 5.58. The number of hydrogen-bond donors (Lipinski definition) is 0. The van der Waals surface area contributed by atoms with E-state index < -0.39 is 10.7 Å². The maximum absolute atomic E-state index is 13.8. The fourth-order valence-electron chi connectivity index (χ4n) is 2.67. The Morgan fingerprint density at radius 3 is 2.81 bits per heavy atom. The van der Waals surface area contributed by atoms with Crippen molar-refractivity contribution < 1.29 is 14.1 Å². The van der Waals surface area contributed by atoms with Crippen molar-refractivity contribution in [2.24, 2.45) is 0 Å². The van der Waals surface area contributed by atoms with E-state index in [1.807, 2.05) is 11.9 Å². The van der Waals surface area contributed by atoms with Crippen LogP contribution in [0.3, 0.4) is 0 Å². The van der Waals surface area contributed by atoms with Crippen LogP contribution in [-0.2, 0) is 13.2 Å². The summed E-state index contributed by atoms with van der Waals surface area (Å²) in [6, 6.07) is 11.0. The van der Waals surface area contributed by atoms with Crippen molar-refractivity contribution in [2.75, 3.05) is 14.2 Å². The van der Waals surface area contributed by atoms with Gasteiger partial charge in [-0.25, -0.2) is 14.1 Å². The molecule has 0 saturated carbocycles. The topological polar surface area (TPSA) is 86.3 Å². The van der Waals surface area contributed by atoms with Crippen molar-refractivity contribution in [3.8, 4) is 17.1 Å². The highest BCUT2D eigenvalue weighted by Crippen LogP contribution is 2.21. The van der Waals surface area contributed by atoms with Crippen molar-refractivity contribution in [3.63, 3.8) is 0 Å². The lowest BCUT2D eigenvalue weighted by Gasteiger charge is -2.16. The molecule has 0 radical (unpaired) electrons. The molecule has 1 heterocycles. The zero-order valence-electron chi connectivity index (χ0n) is 14.9. The number of methoxy groups -OCH3 is 1. The van der Waals surface area contributed by atoms with Crippen LogP contribution in [0.25, 0.3) is 11.4 Å². The van der Waals surface area contributed by atoms with E-state index in [9.17, 15) is 14.5 Å². The molecule has 0 bridgehead atoms. The van der Waals surface area contributed by atoms with Gasteiger partial charge >= 0.3 is 0 Å². The molecular weight excluding hydrogens is 353 g/mol. The first kappa shape index (κ1) is 18.5. The summed E-state index contributed by atoms with van der Waals surface area (Å²) >= 11 is 0. The van der Waals surface area contributed by atoms with Gasteiger partial charge in [0.05, 0.1) is 18.7 Å². The van der Waals surface area contributed by atoms with Crippen LogP contribution in [-0.4, -0.2) is 38.7 Å². The monoisotopic (exact) mass is 371 g/mol. The minimum atomic E-state index is -0.456. The van der Waals surface area contributed by atoms with Crippen LogP contribution in [0, 0.1) is 15.9 Å². The van der Waals surface area contributed by atoms with Crippen molar-refractivity contribution in [2.45, 2.75) is 13.2 Å². The lowest BCUT2D eigenvalue weighted by Crippen LogP contribution is -2.22. The molecule has 9 heteroatoms. The molecule has 27 heavy (non-hydrogen) atoms. The summed E-state index contributed by atoms with van der Waals surface area (Å²) in [6.45, 7) is 0.933. The largest absolute Gasteiger partial charge is 0.494 e. The van der Waals surface area contributed by atoms with E-state index in [0.29, 0.717) is 24.6 Å². The third-order valence-electron chi connectivity index (χ3n) is 3.91. The summed E-state index contributed by atoms with van der Waals surface area (Å²) in [6.07, 6.45) is 1.55. The Kier molecular flexibility index (Phi) is 5.41. The average molecular weight is 371 g/mol. The number of nitro benzene ring substituents is 1. The van der Waals surface area contributed by atoms with Gasteiger partial charge in [-0.15, -0.1) is 5.10 Å². The fourth-order valence-corrected chi connectivity index (χ4v) is 2.67. The highest BCUT2D eigenvalue weighted by atomic mass is 19.1. The first-order valence-corrected chi connectivity index (χ1v) is 8.11. The van der Waals surface area contributed by atoms with Gasteiger partial charge in [0.1, 0.15) is 6.33 Å². The zero-order chi connectivity index (χ0) is 19.4. The summed E-state index contributed by atoms with van der Waals surface area (Å²) in [4.78, 5) is 16.6. The maximum atomic E-state index is 13.8. The van der Waals surface area contributed by atoms with Gasteiger partial charge in [0, 0.05) is 24.2 Å². The van der Waals surface area contributed by atoms with Gasteiger partial charge in [-0.1, -0.05) is 18.2 Å². The predicted molar refractivity (Wildman–Crippen MR) is 96.5 cm³/mol. The molecule has 0 amide bonds. The highest BCUT2D eigenvalue weighted by Gasteiger charge is 2.11. The molecule has 0 aliphatic rings. The molecule has 0 atom stereocenters. The van der Waals surface area contributed by atoms with Gasteiger partial charge in [0.2, 0.25) is 0 Å². The second kappa shape index (κ2) is 7.92. The van der Waals surface area contributed by atoms with E-state index in [4.69, 9.17) is 4.74 Å². The van der Waals surface area contributed by atoms with Crippen LogP contribution in [0.15, 0.2) is 48.8 Å². The van der Waals surface area contributed by atoms with Crippen LogP contribution >= 0.6 is 0 Å². The minimum absolute atomic E-state index is 0.0116. The molecular formula is C18H18FN5O3. The van der Waals surface area contributed by atoms with E-state index in [1.165, 1.54) is 25.3 Å². The lowest BCUT2D eigenvalue weighted by atomic mass is 10.2. The van der Waals surface area contributed by atoms with Crippen LogP contribution in [0.5, 0.6) is 5.75 Å². The van der Waals surface area contributed by atoms with Crippen LogP contribution in [0.1, 0.15) is 5.56 Å². The number of rotatable bonds is 7. The Labute approximate surface area is 155 Å². The van der Waals surface area contributed by atoms with Gasteiger partial charge in [-0.3, -0.25) is 15.0 Å². The van der Waals surface area contributed by atoms with Gasteiger partial charge in [0.25, 0.3) is 5.69 Å². The summed E-state index contributed by atoms with van der Waals surface area (Å²) in [5.41, 5.74) is 1.36. The quantitative estimate of drug-likeness (QED) is 0.469. The Morgan fingerprint density at radius 1 is 1.30 bits per heavy atom. The second-order valence-corrected chi connectivity index (χ2v) is 6.04. The molecule has 0 aliphatic heterocycles. The molecule has 2 aromatic carbocycles. The number of halogens is 1. The molecule has 3 rings (SSSR count). The van der Waals surface area contributed by atoms with Crippen LogP contribution in [0.4, 0.5) is 10.1 Å². The van der Waals surface area contributed by atoms with Crippen molar-refractivity contribution in [3.05, 3.63) is 70.3 Å². The second-order valence-electron chi connectivity index (χ2n) is 6.04. The Morgan fingerprint density at radius 2 is 2.11 bits per heavy atom. The van der Waals surface area contributed by atoms with Gasteiger partial charge < -0.3 is 4.74 Å². The molecule has 0 N–H and O–H groups in total. The van der Waals surface area contributed by atoms with Crippen molar-refractivity contribution in [1.29, 1.82) is 0 Å². The smallest absolute Gasteiger partial charge is 0.270 e. The number of ether oxygens (including phenoxy) is 1. The van der Waals surface area contributed by atoms with Crippen molar-refractivity contribution in [1.82, 2.24) is 19.7 Å². The molecule has 0 saturated heterocycles. The molecule has 140 valence electrons. The first-order chi connectivity index (χ1) is 13.0. The lowest BCUT2D eigenvalue weighted by molar-refractivity contribution is -0.384. The summed E-state index contributed by atoms with van der Waals surface area (Å²) in [7, 11) is 3.30. The zero-order valence-corrected chi connectivity index (χ0v) is 14.9. The summed E-state index contributed by atoms with van der Waals surface area (Å²) in [5.74, 6) is 0.207. The number of nitrogens with zero attached hydrogens (tertiary/aromatic N) is 5. The van der Waals surface area contributed by atoms with Crippen LogP contribution < -0.4 is 4.74 Å². The van der Waals surface area contributed by atoms with Gasteiger partial charge in [-0.2, -0.15) is 0 Å². The van der Waals surface area contributed by atoms with Gasteiger partial charge in [-0.05, 0) is 24.7 Å². The molecule has 8 nitrogen and oxygen atoms in total. The molecule has 0 fully saturated rings. The molecule has 0 aliphatic carbocycles. The number of nitro groups is 1. The Balaban J connectivity index is 1.67. The normalized spacial score (nSPS) is 11.0. The van der Waals surface area contributed by atoms with E-state index in [-0.39, 0.29) is 11.4 Å². The first-order valence-electron chi connectivity index (χ1n) is 8.11. The SMILES string of the molecule is COc1ccc(CN(C)Cn2cnc(-c3cccc([N+](=O)[O-])c3)n2)cc1F. The molecule has 1 aromatic heterocycles. The minimum Gasteiger partial charge on any atom is -0.494 e. The summed E-state index contributed by atoms with van der Waals surface area (Å²) < 4.78 is 20.3. The predicted octanol–water partition coefficient (Wildman–Crippen LogP) is 3.09. The molecule has 0 unspecified atom stereocenters. The molecule has 3 aromatic rings. The third kappa shape index (κ3) is 4.45. The Hall–Kier alpha value is -3.33. The average Bonchev–Trinajstić information content (AvgIpc) is 3.10. The van der Waals surface area contributed by atoms with E-state index in [1.54, 1.807) is 35.3 Å². The maximum Gasteiger partial charge on any atom is 0.270 e. The van der Waals surface area contributed by atoms with Crippen LogP contribution in [0.2, 0.25) is 0 Å². The number of hydrogen-bond acceptors (Lipinski definition) is 6. The standard InChI is InChI=1S/C18H18FN5O3/c1-22(10-13-6-7-17(27-2)16(19)8-13)12-23-11-20-18(21-23)14-4-3-5-15(9-14)24(25)26/h3-9,11H,10,12H2,1-2H3. The van der Waals surface area contributed by atoms with Crippen molar-refractivity contribution >= 4 is 5.69 Å². The fraction of sp³-hybridized carbons (Fsp3) is 0.222. The number of non-ortho nitro benzene ring substituents is 1. The van der Waals surface area contributed by atoms with E-state index in [0.717, 1.165) is 5.56 Å².